The predicted octanol–water partition coefficient (Wildman–Crippen LogP) is 4.94. The van der Waals surface area contributed by atoms with Crippen molar-refractivity contribution >= 4 is 28.9 Å². The van der Waals surface area contributed by atoms with E-state index in [2.05, 4.69) is 45.4 Å². The Morgan fingerprint density at radius 2 is 1.59 bits per heavy atom. The second-order valence-electron chi connectivity index (χ2n) is 6.94. The molecule has 29 heavy (non-hydrogen) atoms. The summed E-state index contributed by atoms with van der Waals surface area (Å²) in [6.07, 6.45) is 1.58. The number of carbonyl (C=O) groups excluding carboxylic acids is 1. The molecule has 0 saturated heterocycles. The summed E-state index contributed by atoms with van der Waals surface area (Å²) in [5, 5.41) is 6.06. The summed E-state index contributed by atoms with van der Waals surface area (Å²) in [6.45, 7) is 10.2. The van der Waals surface area contributed by atoms with Gasteiger partial charge in [0.15, 0.2) is 0 Å². The minimum absolute atomic E-state index is 0.272. The summed E-state index contributed by atoms with van der Waals surface area (Å²) in [4.78, 5) is 23.4. The van der Waals surface area contributed by atoms with E-state index < -0.39 is 0 Å². The highest BCUT2D eigenvalue weighted by Crippen LogP contribution is 2.19. The maximum Gasteiger partial charge on any atom is 0.274 e. The Kier molecular flexibility index (Phi) is 6.44. The van der Waals surface area contributed by atoms with Crippen molar-refractivity contribution < 1.29 is 4.79 Å². The monoisotopic (exact) mass is 389 g/mol. The van der Waals surface area contributed by atoms with Gasteiger partial charge in [-0.05, 0) is 81.3 Å². The number of rotatable bonds is 7. The molecular weight excluding hydrogens is 362 g/mol. The van der Waals surface area contributed by atoms with Crippen molar-refractivity contribution in [3.8, 4) is 0 Å². The molecule has 3 rings (SSSR count). The molecule has 0 fully saturated rings. The molecular formula is C23H27N5O. The Morgan fingerprint density at radius 1 is 0.931 bits per heavy atom. The van der Waals surface area contributed by atoms with Crippen molar-refractivity contribution in [2.45, 2.75) is 27.7 Å². The lowest BCUT2D eigenvalue weighted by Gasteiger charge is -2.21. The van der Waals surface area contributed by atoms with Gasteiger partial charge in [0.05, 0.1) is 0 Å². The standard InChI is InChI=1S/C23H27N5O/c1-5-28(6-2)20-9-7-18(8-10-20)25-22(29)21-11-12-24-23(27-21)26-19-14-16(3)13-17(4)15-19/h7-15H,5-6H2,1-4H3,(H,25,29)(H,24,26,27). The van der Waals surface area contributed by atoms with Crippen LogP contribution in [0.3, 0.4) is 0 Å². The number of hydrogen-bond acceptors (Lipinski definition) is 5. The van der Waals surface area contributed by atoms with Gasteiger partial charge in [0.25, 0.3) is 5.91 Å². The number of carbonyl (C=O) groups is 1. The van der Waals surface area contributed by atoms with Crippen LogP contribution in [0.4, 0.5) is 23.0 Å². The summed E-state index contributed by atoms with van der Waals surface area (Å²) in [5.74, 6) is 0.117. The summed E-state index contributed by atoms with van der Waals surface area (Å²) in [5.41, 5.74) is 5.36. The second kappa shape index (κ2) is 9.19. The molecule has 150 valence electrons. The zero-order valence-corrected chi connectivity index (χ0v) is 17.4. The van der Waals surface area contributed by atoms with Gasteiger partial charge in [0, 0.05) is 36.3 Å². The molecule has 0 spiro atoms. The Hall–Kier alpha value is -3.41. The van der Waals surface area contributed by atoms with Crippen LogP contribution in [0, 0.1) is 13.8 Å². The van der Waals surface area contributed by atoms with Crippen LogP contribution in [0.15, 0.2) is 54.7 Å². The van der Waals surface area contributed by atoms with E-state index in [9.17, 15) is 4.79 Å². The normalized spacial score (nSPS) is 10.5. The van der Waals surface area contributed by atoms with E-state index in [1.807, 2.05) is 50.2 Å². The number of benzene rings is 2. The van der Waals surface area contributed by atoms with Crippen LogP contribution < -0.4 is 15.5 Å². The van der Waals surface area contributed by atoms with Crippen molar-refractivity contribution in [2.75, 3.05) is 28.6 Å². The lowest BCUT2D eigenvalue weighted by atomic mass is 10.1. The second-order valence-corrected chi connectivity index (χ2v) is 6.94. The highest BCUT2D eigenvalue weighted by molar-refractivity contribution is 6.03. The zero-order valence-electron chi connectivity index (χ0n) is 17.4. The molecule has 0 radical (unpaired) electrons. The van der Waals surface area contributed by atoms with Crippen LogP contribution in [0.1, 0.15) is 35.5 Å². The van der Waals surface area contributed by atoms with E-state index in [-0.39, 0.29) is 5.91 Å². The van der Waals surface area contributed by atoms with E-state index in [4.69, 9.17) is 0 Å². The topological polar surface area (TPSA) is 70.2 Å². The molecule has 0 aliphatic rings. The van der Waals surface area contributed by atoms with Crippen LogP contribution in [0.25, 0.3) is 0 Å². The van der Waals surface area contributed by atoms with Gasteiger partial charge >= 0.3 is 0 Å². The van der Waals surface area contributed by atoms with Gasteiger partial charge in [-0.1, -0.05) is 6.07 Å². The fourth-order valence-corrected chi connectivity index (χ4v) is 3.26. The number of anilines is 4. The first kappa shape index (κ1) is 20.3. The Balaban J connectivity index is 1.70. The van der Waals surface area contributed by atoms with Crippen LogP contribution in [-0.2, 0) is 0 Å². The van der Waals surface area contributed by atoms with Gasteiger partial charge in [0.2, 0.25) is 5.95 Å². The summed E-state index contributed by atoms with van der Waals surface area (Å²) in [7, 11) is 0. The van der Waals surface area contributed by atoms with Gasteiger partial charge in [-0.15, -0.1) is 0 Å². The Labute approximate surface area is 172 Å². The first-order valence-electron chi connectivity index (χ1n) is 9.83. The average Bonchev–Trinajstić information content (AvgIpc) is 2.69. The summed E-state index contributed by atoms with van der Waals surface area (Å²) in [6, 6.07) is 15.6. The highest BCUT2D eigenvalue weighted by Gasteiger charge is 2.10. The number of amides is 1. The largest absolute Gasteiger partial charge is 0.372 e. The van der Waals surface area contributed by atoms with Gasteiger partial charge in [-0.3, -0.25) is 4.79 Å². The number of nitrogens with one attached hydrogen (secondary N) is 2. The lowest BCUT2D eigenvalue weighted by Crippen LogP contribution is -2.21. The van der Waals surface area contributed by atoms with Gasteiger partial charge < -0.3 is 15.5 Å². The van der Waals surface area contributed by atoms with E-state index in [0.29, 0.717) is 11.6 Å². The maximum atomic E-state index is 12.6. The number of aromatic nitrogens is 2. The summed E-state index contributed by atoms with van der Waals surface area (Å²) >= 11 is 0. The van der Waals surface area contributed by atoms with Gasteiger partial charge in [-0.25, -0.2) is 9.97 Å². The lowest BCUT2D eigenvalue weighted by molar-refractivity contribution is 0.102. The third-order valence-electron chi connectivity index (χ3n) is 4.62. The van der Waals surface area contributed by atoms with E-state index in [1.165, 1.54) is 0 Å². The number of aryl methyl sites for hydroxylation is 2. The van der Waals surface area contributed by atoms with E-state index in [1.54, 1.807) is 12.3 Å². The molecule has 0 atom stereocenters. The molecule has 2 aromatic carbocycles. The molecule has 6 heteroatoms. The molecule has 2 N–H and O–H groups in total. The molecule has 0 saturated carbocycles. The molecule has 1 heterocycles. The van der Waals surface area contributed by atoms with E-state index >= 15 is 0 Å². The molecule has 6 nitrogen and oxygen atoms in total. The molecule has 0 aliphatic heterocycles. The van der Waals surface area contributed by atoms with Gasteiger partial charge in [-0.2, -0.15) is 0 Å². The first-order valence-corrected chi connectivity index (χ1v) is 9.83. The Bertz CT molecular complexity index is 961. The molecule has 0 aliphatic carbocycles. The average molecular weight is 390 g/mol. The van der Waals surface area contributed by atoms with E-state index in [0.717, 1.165) is 41.3 Å². The third-order valence-corrected chi connectivity index (χ3v) is 4.62. The highest BCUT2D eigenvalue weighted by atomic mass is 16.1. The van der Waals surface area contributed by atoms with Crippen molar-refractivity contribution in [2.24, 2.45) is 0 Å². The van der Waals surface area contributed by atoms with Crippen molar-refractivity contribution in [1.29, 1.82) is 0 Å². The molecule has 0 bridgehead atoms. The fraction of sp³-hybridized carbons (Fsp3) is 0.261. The fourth-order valence-electron chi connectivity index (χ4n) is 3.26. The zero-order chi connectivity index (χ0) is 20.8. The minimum atomic E-state index is -0.272. The van der Waals surface area contributed by atoms with Gasteiger partial charge in [0.1, 0.15) is 5.69 Å². The number of hydrogen-bond donors (Lipinski definition) is 2. The minimum Gasteiger partial charge on any atom is -0.372 e. The molecule has 3 aromatic rings. The van der Waals surface area contributed by atoms with Crippen molar-refractivity contribution in [3.63, 3.8) is 0 Å². The maximum absolute atomic E-state index is 12.6. The molecule has 1 aromatic heterocycles. The third kappa shape index (κ3) is 5.31. The smallest absolute Gasteiger partial charge is 0.274 e. The van der Waals surface area contributed by atoms with Crippen LogP contribution in [-0.4, -0.2) is 29.0 Å². The number of nitrogens with zero attached hydrogens (tertiary/aromatic N) is 3. The van der Waals surface area contributed by atoms with Crippen LogP contribution >= 0.6 is 0 Å². The van der Waals surface area contributed by atoms with Crippen molar-refractivity contribution in [1.82, 2.24) is 9.97 Å². The molecule has 0 unspecified atom stereocenters. The summed E-state index contributed by atoms with van der Waals surface area (Å²) < 4.78 is 0. The van der Waals surface area contributed by atoms with Crippen molar-refractivity contribution in [3.05, 3.63) is 71.5 Å². The van der Waals surface area contributed by atoms with Crippen LogP contribution in [0.2, 0.25) is 0 Å². The molecule has 1 amide bonds. The van der Waals surface area contributed by atoms with Crippen LogP contribution in [0.5, 0.6) is 0 Å². The SMILES string of the molecule is CCN(CC)c1ccc(NC(=O)c2ccnc(Nc3cc(C)cc(C)c3)n2)cc1. The quantitative estimate of drug-likeness (QED) is 0.599. The Morgan fingerprint density at radius 3 is 2.21 bits per heavy atom. The first-order chi connectivity index (χ1) is 14.0. The predicted molar refractivity (Wildman–Crippen MR) is 119 cm³/mol.